The summed E-state index contributed by atoms with van der Waals surface area (Å²) in [7, 11) is -3.74. The minimum Gasteiger partial charge on any atom is -0.373 e. The van der Waals surface area contributed by atoms with Crippen molar-refractivity contribution < 1.29 is 17.6 Å². The average molecular weight is 601 g/mol. The first-order valence-electron chi connectivity index (χ1n) is 13.9. The Balaban J connectivity index is 1.58. The standard InChI is InChI=1S/C31H38ClFN4O3S/c1-21(2)35-31(38)30(18-23-9-7-10-24(32)17-23)36-29-14-8-13-28(33)27(29)16-15-25-20-34-19-22(3)37(25)41(39,40)26-11-5-4-6-12-26/h4-14,17,21-22,25,30,34,36H,15-16,18-20H2,1-3H3,(H,35,38)/t22-,25-,30-/m0/s1. The lowest BCUT2D eigenvalue weighted by atomic mass is 9.99. The number of amides is 1. The van der Waals surface area contributed by atoms with Crippen LogP contribution in [-0.4, -0.2) is 55.9 Å². The first-order chi connectivity index (χ1) is 19.6. The number of sulfonamides is 1. The quantitative estimate of drug-likeness (QED) is 0.288. The van der Waals surface area contributed by atoms with Gasteiger partial charge in [0.25, 0.3) is 0 Å². The van der Waals surface area contributed by atoms with Crippen LogP contribution in [0.1, 0.15) is 38.3 Å². The summed E-state index contributed by atoms with van der Waals surface area (Å²) in [6.07, 6.45) is 1.03. The lowest BCUT2D eigenvalue weighted by Crippen LogP contribution is -2.58. The van der Waals surface area contributed by atoms with Crippen molar-refractivity contribution in [3.05, 3.63) is 94.8 Å². The zero-order valence-electron chi connectivity index (χ0n) is 23.6. The molecule has 3 aromatic rings. The fourth-order valence-electron chi connectivity index (χ4n) is 5.32. The van der Waals surface area contributed by atoms with Gasteiger partial charge < -0.3 is 16.0 Å². The summed E-state index contributed by atoms with van der Waals surface area (Å²) >= 11 is 6.18. The van der Waals surface area contributed by atoms with Crippen molar-refractivity contribution in [1.29, 1.82) is 0 Å². The lowest BCUT2D eigenvalue weighted by molar-refractivity contribution is -0.122. The molecule has 1 heterocycles. The third-order valence-corrected chi connectivity index (χ3v) is 9.50. The van der Waals surface area contributed by atoms with Gasteiger partial charge in [-0.05, 0) is 75.6 Å². The molecule has 7 nitrogen and oxygen atoms in total. The summed E-state index contributed by atoms with van der Waals surface area (Å²) in [4.78, 5) is 13.4. The molecule has 1 aliphatic rings. The third-order valence-electron chi connectivity index (χ3n) is 7.19. The van der Waals surface area contributed by atoms with Crippen LogP contribution >= 0.6 is 11.6 Å². The molecule has 0 aromatic heterocycles. The fraction of sp³-hybridized carbons (Fsp3) is 0.387. The molecule has 4 rings (SSSR count). The summed E-state index contributed by atoms with van der Waals surface area (Å²) in [6, 6.07) is 19.1. The predicted molar refractivity (Wildman–Crippen MR) is 162 cm³/mol. The van der Waals surface area contributed by atoms with E-state index in [0.29, 0.717) is 42.2 Å². The molecule has 0 spiro atoms. The number of benzene rings is 3. The summed E-state index contributed by atoms with van der Waals surface area (Å²) in [5, 5.41) is 10.1. The van der Waals surface area contributed by atoms with Crippen LogP contribution in [0, 0.1) is 5.82 Å². The van der Waals surface area contributed by atoms with E-state index >= 15 is 4.39 Å². The Morgan fingerprint density at radius 3 is 2.51 bits per heavy atom. The molecule has 0 unspecified atom stereocenters. The first-order valence-corrected chi connectivity index (χ1v) is 15.8. The summed E-state index contributed by atoms with van der Waals surface area (Å²) in [5.74, 6) is -0.615. The Morgan fingerprint density at radius 2 is 1.80 bits per heavy atom. The van der Waals surface area contributed by atoms with E-state index in [1.54, 1.807) is 52.8 Å². The molecule has 3 atom stereocenters. The van der Waals surface area contributed by atoms with E-state index in [9.17, 15) is 13.2 Å². The highest BCUT2D eigenvalue weighted by Crippen LogP contribution is 2.28. The lowest BCUT2D eigenvalue weighted by Gasteiger charge is -2.40. The molecule has 1 amide bonds. The molecular weight excluding hydrogens is 563 g/mol. The molecule has 0 saturated carbocycles. The Kier molecular flexibility index (Phi) is 10.4. The van der Waals surface area contributed by atoms with Crippen molar-refractivity contribution in [2.75, 3.05) is 18.4 Å². The molecular formula is C31H38ClFN4O3S. The molecule has 41 heavy (non-hydrogen) atoms. The Morgan fingerprint density at radius 1 is 1.07 bits per heavy atom. The first kappa shape index (κ1) is 31.0. The van der Waals surface area contributed by atoms with Crippen LogP contribution in [0.5, 0.6) is 0 Å². The smallest absolute Gasteiger partial charge is 0.243 e. The van der Waals surface area contributed by atoms with Gasteiger partial charge in [0.05, 0.1) is 4.90 Å². The summed E-state index contributed by atoms with van der Waals surface area (Å²) < 4.78 is 44.1. The third kappa shape index (κ3) is 7.86. The SMILES string of the molecule is CC(C)NC(=O)[C@H](Cc1cccc(Cl)c1)Nc1cccc(F)c1CC[C@H]1CNC[C@H](C)N1S(=O)(=O)c1ccccc1. The van der Waals surface area contributed by atoms with Crippen molar-refractivity contribution in [3.63, 3.8) is 0 Å². The number of piperazine rings is 1. The van der Waals surface area contributed by atoms with Gasteiger partial charge in [0.2, 0.25) is 15.9 Å². The van der Waals surface area contributed by atoms with Gasteiger partial charge in [0.1, 0.15) is 11.9 Å². The Labute approximate surface area is 247 Å². The van der Waals surface area contributed by atoms with Gasteiger partial charge in [0.15, 0.2) is 0 Å². The second-order valence-electron chi connectivity index (χ2n) is 10.8. The molecule has 220 valence electrons. The van der Waals surface area contributed by atoms with Crippen LogP contribution in [0.15, 0.2) is 77.7 Å². The molecule has 0 radical (unpaired) electrons. The van der Waals surface area contributed by atoms with Gasteiger partial charge >= 0.3 is 0 Å². The maximum Gasteiger partial charge on any atom is 0.243 e. The number of nitrogens with zero attached hydrogens (tertiary/aromatic N) is 1. The number of carbonyl (C=O) groups is 1. The minimum atomic E-state index is -3.74. The van der Waals surface area contributed by atoms with Crippen molar-refractivity contribution in [1.82, 2.24) is 14.9 Å². The Bertz CT molecular complexity index is 1440. The molecule has 1 saturated heterocycles. The second kappa shape index (κ2) is 13.8. The van der Waals surface area contributed by atoms with E-state index < -0.39 is 21.9 Å². The van der Waals surface area contributed by atoms with Crippen LogP contribution in [-0.2, 0) is 27.7 Å². The van der Waals surface area contributed by atoms with Gasteiger partial charge in [0, 0.05) is 53.9 Å². The van der Waals surface area contributed by atoms with Gasteiger partial charge in [-0.25, -0.2) is 12.8 Å². The van der Waals surface area contributed by atoms with E-state index in [0.717, 1.165) is 5.56 Å². The van der Waals surface area contributed by atoms with E-state index in [2.05, 4.69) is 16.0 Å². The molecule has 10 heteroatoms. The largest absolute Gasteiger partial charge is 0.373 e. The highest BCUT2D eigenvalue weighted by Gasteiger charge is 2.37. The van der Waals surface area contributed by atoms with E-state index in [4.69, 9.17) is 11.6 Å². The van der Waals surface area contributed by atoms with Gasteiger partial charge in [-0.15, -0.1) is 0 Å². The van der Waals surface area contributed by atoms with Crippen LogP contribution in [0.25, 0.3) is 0 Å². The van der Waals surface area contributed by atoms with Crippen molar-refractivity contribution in [2.24, 2.45) is 0 Å². The second-order valence-corrected chi connectivity index (χ2v) is 13.1. The highest BCUT2D eigenvalue weighted by atomic mass is 35.5. The predicted octanol–water partition coefficient (Wildman–Crippen LogP) is 5.01. The van der Waals surface area contributed by atoms with Gasteiger partial charge in [-0.1, -0.05) is 48.0 Å². The number of rotatable bonds is 11. The fourth-order valence-corrected chi connectivity index (χ4v) is 7.39. The van der Waals surface area contributed by atoms with Crippen LogP contribution in [0.2, 0.25) is 5.02 Å². The highest BCUT2D eigenvalue weighted by molar-refractivity contribution is 7.89. The number of anilines is 1. The van der Waals surface area contributed by atoms with Crippen molar-refractivity contribution in [2.45, 2.75) is 69.1 Å². The van der Waals surface area contributed by atoms with E-state index in [-0.39, 0.29) is 35.3 Å². The molecule has 0 aliphatic carbocycles. The number of hydrogen-bond acceptors (Lipinski definition) is 5. The van der Waals surface area contributed by atoms with E-state index in [1.807, 2.05) is 39.0 Å². The van der Waals surface area contributed by atoms with Crippen LogP contribution in [0.4, 0.5) is 10.1 Å². The molecule has 3 N–H and O–H groups in total. The molecule has 1 aliphatic heterocycles. The summed E-state index contributed by atoms with van der Waals surface area (Å²) in [6.45, 7) is 6.64. The average Bonchev–Trinajstić information content (AvgIpc) is 2.92. The molecule has 0 bridgehead atoms. The van der Waals surface area contributed by atoms with Gasteiger partial charge in [-0.2, -0.15) is 4.31 Å². The maximum absolute atomic E-state index is 15.3. The van der Waals surface area contributed by atoms with Crippen LogP contribution in [0.3, 0.4) is 0 Å². The zero-order valence-corrected chi connectivity index (χ0v) is 25.2. The van der Waals surface area contributed by atoms with Gasteiger partial charge in [-0.3, -0.25) is 4.79 Å². The normalized spacial score (nSPS) is 18.7. The van der Waals surface area contributed by atoms with Crippen molar-refractivity contribution in [3.8, 4) is 0 Å². The molecule has 3 aromatic carbocycles. The monoisotopic (exact) mass is 600 g/mol. The molecule has 1 fully saturated rings. The Hall–Kier alpha value is -2.98. The topological polar surface area (TPSA) is 90.5 Å². The summed E-state index contributed by atoms with van der Waals surface area (Å²) in [5.41, 5.74) is 1.79. The number of nitrogens with one attached hydrogen (secondary N) is 3. The van der Waals surface area contributed by atoms with E-state index in [1.165, 1.54) is 6.07 Å². The number of halogens is 2. The number of hydrogen-bond donors (Lipinski definition) is 3. The zero-order chi connectivity index (χ0) is 29.6. The minimum absolute atomic E-state index is 0.0727. The van der Waals surface area contributed by atoms with Crippen molar-refractivity contribution >= 4 is 33.2 Å². The maximum atomic E-state index is 15.3. The van der Waals surface area contributed by atoms with Crippen LogP contribution < -0.4 is 16.0 Å². The number of carbonyl (C=O) groups excluding carboxylic acids is 1.